The summed E-state index contributed by atoms with van der Waals surface area (Å²) in [6.45, 7) is 4.12. The minimum atomic E-state index is 0.191. The number of aromatic nitrogens is 4. The molecule has 0 radical (unpaired) electrons. The molecule has 1 amide bonds. The van der Waals surface area contributed by atoms with Crippen LogP contribution in [-0.2, 0) is 24.2 Å². The van der Waals surface area contributed by atoms with Crippen LogP contribution in [0.3, 0.4) is 0 Å². The normalized spacial score (nSPS) is 17.8. The molecular formula is C19H28N6O. The highest BCUT2D eigenvalue weighted by molar-refractivity contribution is 5.76. The summed E-state index contributed by atoms with van der Waals surface area (Å²) < 4.78 is 1.96. The number of hydrogen-bond acceptors (Lipinski definition) is 5. The molecule has 0 bridgehead atoms. The maximum atomic E-state index is 12.7. The van der Waals surface area contributed by atoms with E-state index in [1.807, 2.05) is 28.9 Å². The van der Waals surface area contributed by atoms with Gasteiger partial charge in [-0.2, -0.15) is 0 Å². The van der Waals surface area contributed by atoms with Crippen LogP contribution in [0, 0.1) is 5.92 Å². The van der Waals surface area contributed by atoms with Gasteiger partial charge < -0.3 is 14.8 Å². The highest BCUT2D eigenvalue weighted by Crippen LogP contribution is 2.21. The number of hydrogen-bond donors (Lipinski definition) is 1. The SMILES string of the molecule is CCc1nccn1CC(=O)N1CCC[C@H](Cc2cnc(NC)cn2)CC1. The fraction of sp³-hybridized carbons (Fsp3) is 0.579. The minimum absolute atomic E-state index is 0.191. The van der Waals surface area contributed by atoms with Crippen LogP contribution in [-0.4, -0.2) is 50.5 Å². The summed E-state index contributed by atoms with van der Waals surface area (Å²) in [5, 5.41) is 2.99. The summed E-state index contributed by atoms with van der Waals surface area (Å²) in [7, 11) is 1.84. The molecule has 0 spiro atoms. The summed E-state index contributed by atoms with van der Waals surface area (Å²) in [6.07, 6.45) is 12.3. The fourth-order valence-electron chi connectivity index (χ4n) is 3.55. The van der Waals surface area contributed by atoms with Gasteiger partial charge in [0, 0.05) is 39.0 Å². The van der Waals surface area contributed by atoms with E-state index in [0.717, 1.165) is 62.5 Å². The van der Waals surface area contributed by atoms with E-state index in [2.05, 4.69) is 27.2 Å². The molecule has 7 heteroatoms. The molecule has 1 atom stereocenters. The largest absolute Gasteiger partial charge is 0.372 e. The lowest BCUT2D eigenvalue weighted by atomic mass is 9.95. The molecule has 2 aromatic rings. The van der Waals surface area contributed by atoms with Gasteiger partial charge in [0.15, 0.2) is 0 Å². The Labute approximate surface area is 154 Å². The molecule has 0 aromatic carbocycles. The first kappa shape index (κ1) is 18.4. The highest BCUT2D eigenvalue weighted by Gasteiger charge is 2.21. The highest BCUT2D eigenvalue weighted by atomic mass is 16.2. The Kier molecular flexibility index (Phi) is 6.20. The Morgan fingerprint density at radius 3 is 2.85 bits per heavy atom. The zero-order valence-corrected chi connectivity index (χ0v) is 15.7. The second kappa shape index (κ2) is 8.78. The summed E-state index contributed by atoms with van der Waals surface area (Å²) in [4.78, 5) is 27.8. The number of likely N-dealkylation sites (tertiary alicyclic amines) is 1. The van der Waals surface area contributed by atoms with Crippen molar-refractivity contribution in [2.45, 2.75) is 45.6 Å². The third kappa shape index (κ3) is 4.59. The molecule has 0 unspecified atom stereocenters. The van der Waals surface area contributed by atoms with Gasteiger partial charge >= 0.3 is 0 Å². The first-order chi connectivity index (χ1) is 12.7. The number of amides is 1. The van der Waals surface area contributed by atoms with E-state index in [-0.39, 0.29) is 5.91 Å². The van der Waals surface area contributed by atoms with Crippen LogP contribution in [0.1, 0.15) is 37.7 Å². The van der Waals surface area contributed by atoms with Crippen LogP contribution >= 0.6 is 0 Å². The van der Waals surface area contributed by atoms with E-state index >= 15 is 0 Å². The number of carbonyl (C=O) groups is 1. The Morgan fingerprint density at radius 2 is 2.12 bits per heavy atom. The molecule has 26 heavy (non-hydrogen) atoms. The molecule has 1 aliphatic rings. The van der Waals surface area contributed by atoms with Gasteiger partial charge in [-0.15, -0.1) is 0 Å². The standard InChI is InChI=1S/C19H28N6O/c1-3-18-21-7-10-25(18)14-19(26)24-8-4-5-15(6-9-24)11-16-12-23-17(20-2)13-22-16/h7,10,12-13,15H,3-6,8-9,11,14H2,1-2H3,(H,20,23)/t15-/m0/s1. The molecule has 140 valence electrons. The quantitative estimate of drug-likeness (QED) is 0.858. The second-order valence-corrected chi connectivity index (χ2v) is 6.85. The average molecular weight is 356 g/mol. The smallest absolute Gasteiger partial charge is 0.242 e. The van der Waals surface area contributed by atoms with Gasteiger partial charge in [-0.1, -0.05) is 6.92 Å². The number of nitrogens with zero attached hydrogens (tertiary/aromatic N) is 5. The number of anilines is 1. The lowest BCUT2D eigenvalue weighted by molar-refractivity contribution is -0.131. The minimum Gasteiger partial charge on any atom is -0.372 e. The van der Waals surface area contributed by atoms with Crippen LogP contribution < -0.4 is 5.32 Å². The van der Waals surface area contributed by atoms with E-state index in [0.29, 0.717) is 12.5 Å². The van der Waals surface area contributed by atoms with E-state index in [4.69, 9.17) is 0 Å². The van der Waals surface area contributed by atoms with Crippen molar-refractivity contribution in [1.29, 1.82) is 0 Å². The fourth-order valence-corrected chi connectivity index (χ4v) is 3.55. The van der Waals surface area contributed by atoms with Crippen LogP contribution in [0.4, 0.5) is 5.82 Å². The molecule has 0 saturated carbocycles. The molecule has 7 nitrogen and oxygen atoms in total. The summed E-state index contributed by atoms with van der Waals surface area (Å²) in [6, 6.07) is 0. The molecule has 1 N–H and O–H groups in total. The Bertz CT molecular complexity index is 711. The van der Waals surface area contributed by atoms with Crippen molar-refractivity contribution in [3.8, 4) is 0 Å². The Balaban J connectivity index is 1.53. The molecule has 2 aromatic heterocycles. The lowest BCUT2D eigenvalue weighted by Crippen LogP contribution is -2.35. The van der Waals surface area contributed by atoms with Gasteiger partial charge in [0.1, 0.15) is 18.2 Å². The molecule has 1 saturated heterocycles. The van der Waals surface area contributed by atoms with Crippen molar-refractivity contribution in [3.05, 3.63) is 36.3 Å². The van der Waals surface area contributed by atoms with E-state index < -0.39 is 0 Å². The molecule has 3 heterocycles. The first-order valence-electron chi connectivity index (χ1n) is 9.46. The van der Waals surface area contributed by atoms with E-state index in [1.54, 1.807) is 12.4 Å². The molecule has 1 aliphatic heterocycles. The van der Waals surface area contributed by atoms with Crippen molar-refractivity contribution < 1.29 is 4.79 Å². The summed E-state index contributed by atoms with van der Waals surface area (Å²) in [5.41, 5.74) is 1.03. The van der Waals surface area contributed by atoms with Crippen molar-refractivity contribution in [3.63, 3.8) is 0 Å². The topological polar surface area (TPSA) is 75.9 Å². The first-order valence-corrected chi connectivity index (χ1v) is 9.46. The number of aryl methyl sites for hydroxylation is 1. The number of imidazole rings is 1. The molecular weight excluding hydrogens is 328 g/mol. The van der Waals surface area contributed by atoms with Crippen molar-refractivity contribution in [2.24, 2.45) is 5.92 Å². The van der Waals surface area contributed by atoms with Crippen LogP contribution in [0.5, 0.6) is 0 Å². The number of rotatable bonds is 6. The van der Waals surface area contributed by atoms with E-state index in [1.165, 1.54) is 0 Å². The predicted molar refractivity (Wildman–Crippen MR) is 101 cm³/mol. The molecule has 1 fully saturated rings. The molecule has 0 aliphatic carbocycles. The van der Waals surface area contributed by atoms with Crippen LogP contribution in [0.25, 0.3) is 0 Å². The molecule has 3 rings (SSSR count). The monoisotopic (exact) mass is 356 g/mol. The average Bonchev–Trinajstić information content (AvgIpc) is 2.98. The Hall–Kier alpha value is -2.44. The van der Waals surface area contributed by atoms with Gasteiger partial charge in [0.05, 0.1) is 18.1 Å². The van der Waals surface area contributed by atoms with Crippen LogP contribution in [0.2, 0.25) is 0 Å². The third-order valence-corrected chi connectivity index (χ3v) is 5.08. The number of carbonyl (C=O) groups excluding carboxylic acids is 1. The second-order valence-electron chi connectivity index (χ2n) is 6.85. The summed E-state index contributed by atoms with van der Waals surface area (Å²) >= 11 is 0. The third-order valence-electron chi connectivity index (χ3n) is 5.08. The number of nitrogens with one attached hydrogen (secondary N) is 1. The van der Waals surface area contributed by atoms with Gasteiger partial charge in [-0.3, -0.25) is 9.78 Å². The maximum Gasteiger partial charge on any atom is 0.242 e. The van der Waals surface area contributed by atoms with E-state index in [9.17, 15) is 4.79 Å². The zero-order valence-electron chi connectivity index (χ0n) is 15.7. The summed E-state index contributed by atoms with van der Waals surface area (Å²) in [5.74, 6) is 2.51. The van der Waals surface area contributed by atoms with Crippen molar-refractivity contribution >= 4 is 11.7 Å². The van der Waals surface area contributed by atoms with Crippen molar-refractivity contribution in [1.82, 2.24) is 24.4 Å². The Morgan fingerprint density at radius 1 is 1.23 bits per heavy atom. The van der Waals surface area contributed by atoms with Gasteiger partial charge in [-0.05, 0) is 31.6 Å². The van der Waals surface area contributed by atoms with Crippen LogP contribution in [0.15, 0.2) is 24.8 Å². The van der Waals surface area contributed by atoms with Gasteiger partial charge in [-0.25, -0.2) is 9.97 Å². The predicted octanol–water partition coefficient (Wildman–Crippen LogP) is 2.15. The van der Waals surface area contributed by atoms with Gasteiger partial charge in [0.25, 0.3) is 0 Å². The van der Waals surface area contributed by atoms with Crippen molar-refractivity contribution in [2.75, 3.05) is 25.5 Å². The zero-order chi connectivity index (χ0) is 18.4. The van der Waals surface area contributed by atoms with Gasteiger partial charge in [0.2, 0.25) is 5.91 Å². The maximum absolute atomic E-state index is 12.7. The lowest BCUT2D eigenvalue weighted by Gasteiger charge is -2.21.